The van der Waals surface area contributed by atoms with Crippen molar-refractivity contribution in [2.75, 3.05) is 6.61 Å². The van der Waals surface area contributed by atoms with Gasteiger partial charge in [-0.1, -0.05) is 0 Å². The standard InChI is InChI=1S/C9H13NO5S/c1-7(4-5-11)10-16(13,14)9-3-2-8(6-12)15-9/h2-3,6-7,10-11H,4-5H2,1H3. The van der Waals surface area contributed by atoms with Gasteiger partial charge < -0.3 is 9.52 Å². The molecule has 0 bridgehead atoms. The predicted molar refractivity (Wildman–Crippen MR) is 55.6 cm³/mol. The minimum atomic E-state index is -3.76. The molecule has 1 atom stereocenters. The van der Waals surface area contributed by atoms with E-state index in [0.717, 1.165) is 0 Å². The van der Waals surface area contributed by atoms with Crippen LogP contribution in [0.5, 0.6) is 0 Å². The van der Waals surface area contributed by atoms with Crippen LogP contribution in [-0.2, 0) is 10.0 Å². The van der Waals surface area contributed by atoms with E-state index in [-0.39, 0.29) is 17.5 Å². The minimum absolute atomic E-state index is 0.0461. The summed E-state index contributed by atoms with van der Waals surface area (Å²) < 4.78 is 30.4. The molecule has 0 radical (unpaired) electrons. The average Bonchev–Trinajstić information content (AvgIpc) is 2.65. The van der Waals surface area contributed by atoms with Crippen LogP contribution in [0.4, 0.5) is 0 Å². The summed E-state index contributed by atoms with van der Waals surface area (Å²) in [5.74, 6) is -0.0461. The van der Waals surface area contributed by atoms with E-state index in [2.05, 4.69) is 4.72 Å². The number of aldehydes is 1. The Morgan fingerprint density at radius 2 is 2.25 bits per heavy atom. The number of carbonyl (C=O) groups is 1. The molecule has 0 saturated heterocycles. The van der Waals surface area contributed by atoms with Crippen LogP contribution in [-0.4, -0.2) is 32.5 Å². The van der Waals surface area contributed by atoms with Crippen molar-refractivity contribution in [2.24, 2.45) is 0 Å². The van der Waals surface area contributed by atoms with Crippen molar-refractivity contribution in [2.45, 2.75) is 24.5 Å². The highest BCUT2D eigenvalue weighted by Crippen LogP contribution is 2.13. The van der Waals surface area contributed by atoms with Crippen LogP contribution < -0.4 is 4.72 Å². The normalized spacial score (nSPS) is 13.6. The van der Waals surface area contributed by atoms with Gasteiger partial charge in [-0.25, -0.2) is 13.1 Å². The maximum Gasteiger partial charge on any atom is 0.274 e. The summed E-state index contributed by atoms with van der Waals surface area (Å²) in [7, 11) is -3.76. The molecule has 1 heterocycles. The molecule has 1 rings (SSSR count). The molecule has 0 saturated carbocycles. The molecule has 2 N–H and O–H groups in total. The molecular formula is C9H13NO5S. The zero-order valence-corrected chi connectivity index (χ0v) is 9.53. The van der Waals surface area contributed by atoms with Crippen LogP contribution in [0.15, 0.2) is 21.6 Å². The third-order valence-corrected chi connectivity index (χ3v) is 3.36. The fourth-order valence-electron chi connectivity index (χ4n) is 1.12. The van der Waals surface area contributed by atoms with Crippen molar-refractivity contribution >= 4 is 16.3 Å². The van der Waals surface area contributed by atoms with Gasteiger partial charge >= 0.3 is 0 Å². The number of aliphatic hydroxyl groups is 1. The van der Waals surface area contributed by atoms with Crippen molar-refractivity contribution in [3.05, 3.63) is 17.9 Å². The van der Waals surface area contributed by atoms with Gasteiger partial charge in [-0.2, -0.15) is 0 Å². The van der Waals surface area contributed by atoms with Crippen molar-refractivity contribution < 1.29 is 22.7 Å². The highest BCUT2D eigenvalue weighted by molar-refractivity contribution is 7.89. The number of rotatable bonds is 6. The molecule has 0 aliphatic carbocycles. The zero-order chi connectivity index (χ0) is 12.2. The van der Waals surface area contributed by atoms with Gasteiger partial charge in [0.15, 0.2) is 12.0 Å². The molecule has 0 fully saturated rings. The number of furan rings is 1. The van der Waals surface area contributed by atoms with E-state index in [1.165, 1.54) is 12.1 Å². The van der Waals surface area contributed by atoms with Gasteiger partial charge in [0, 0.05) is 12.6 Å². The van der Waals surface area contributed by atoms with Crippen molar-refractivity contribution in [3.63, 3.8) is 0 Å². The van der Waals surface area contributed by atoms with E-state index in [9.17, 15) is 13.2 Å². The molecule has 0 aromatic carbocycles. The van der Waals surface area contributed by atoms with Crippen LogP contribution in [0.2, 0.25) is 0 Å². The van der Waals surface area contributed by atoms with Crippen molar-refractivity contribution in [1.82, 2.24) is 4.72 Å². The third kappa shape index (κ3) is 3.16. The summed E-state index contributed by atoms with van der Waals surface area (Å²) in [5, 5.41) is 8.34. The van der Waals surface area contributed by atoms with Gasteiger partial charge in [-0.3, -0.25) is 4.79 Å². The number of carbonyl (C=O) groups excluding carboxylic acids is 1. The summed E-state index contributed by atoms with van der Waals surface area (Å²) in [4.78, 5) is 10.3. The molecule has 6 nitrogen and oxygen atoms in total. The average molecular weight is 247 g/mol. The first-order chi connectivity index (χ1) is 7.49. The fourth-order valence-corrected chi connectivity index (χ4v) is 2.33. The van der Waals surface area contributed by atoms with Gasteiger partial charge in [-0.05, 0) is 25.5 Å². The first kappa shape index (κ1) is 12.9. The van der Waals surface area contributed by atoms with E-state index in [4.69, 9.17) is 9.52 Å². The van der Waals surface area contributed by atoms with Crippen LogP contribution >= 0.6 is 0 Å². The van der Waals surface area contributed by atoms with Gasteiger partial charge in [-0.15, -0.1) is 0 Å². The van der Waals surface area contributed by atoms with E-state index in [0.29, 0.717) is 12.7 Å². The van der Waals surface area contributed by atoms with Gasteiger partial charge in [0.1, 0.15) is 0 Å². The number of sulfonamides is 1. The zero-order valence-electron chi connectivity index (χ0n) is 8.71. The lowest BCUT2D eigenvalue weighted by Crippen LogP contribution is -2.32. The van der Waals surface area contributed by atoms with Gasteiger partial charge in [0.05, 0.1) is 0 Å². The maximum absolute atomic E-state index is 11.6. The molecule has 1 aromatic heterocycles. The minimum Gasteiger partial charge on any atom is -0.440 e. The SMILES string of the molecule is CC(CCO)NS(=O)(=O)c1ccc(C=O)o1. The molecule has 0 aliphatic rings. The maximum atomic E-state index is 11.6. The lowest BCUT2D eigenvalue weighted by molar-refractivity contribution is 0.109. The van der Waals surface area contributed by atoms with Crippen molar-refractivity contribution in [1.29, 1.82) is 0 Å². The van der Waals surface area contributed by atoms with E-state index in [1.807, 2.05) is 0 Å². The molecule has 7 heteroatoms. The Hall–Kier alpha value is -1.18. The highest BCUT2D eigenvalue weighted by Gasteiger charge is 2.20. The number of aliphatic hydroxyl groups excluding tert-OH is 1. The summed E-state index contributed by atoms with van der Waals surface area (Å²) in [6.07, 6.45) is 0.733. The smallest absolute Gasteiger partial charge is 0.274 e. The van der Waals surface area contributed by atoms with E-state index < -0.39 is 16.1 Å². The van der Waals surface area contributed by atoms with Crippen molar-refractivity contribution in [3.8, 4) is 0 Å². The molecule has 0 amide bonds. The Kier molecular flexibility index (Phi) is 4.22. The van der Waals surface area contributed by atoms with Crippen LogP contribution in [0.25, 0.3) is 0 Å². The molecule has 1 aromatic rings. The largest absolute Gasteiger partial charge is 0.440 e. The van der Waals surface area contributed by atoms with Crippen LogP contribution in [0, 0.1) is 0 Å². The Morgan fingerprint density at radius 1 is 1.56 bits per heavy atom. The number of hydrogen-bond donors (Lipinski definition) is 2. The third-order valence-electron chi connectivity index (χ3n) is 1.90. The van der Waals surface area contributed by atoms with E-state index >= 15 is 0 Å². The summed E-state index contributed by atoms with van der Waals surface area (Å²) in [5.41, 5.74) is 0. The summed E-state index contributed by atoms with van der Waals surface area (Å²) >= 11 is 0. The molecule has 0 aliphatic heterocycles. The Bertz CT molecular complexity index is 450. The molecule has 0 spiro atoms. The molecule has 1 unspecified atom stereocenters. The first-order valence-corrected chi connectivity index (χ1v) is 6.16. The molecule has 16 heavy (non-hydrogen) atoms. The lowest BCUT2D eigenvalue weighted by atomic mass is 10.3. The van der Waals surface area contributed by atoms with Crippen LogP contribution in [0.1, 0.15) is 23.9 Å². The topological polar surface area (TPSA) is 96.6 Å². The summed E-state index contributed by atoms with van der Waals surface area (Å²) in [6, 6.07) is 2.08. The second kappa shape index (κ2) is 5.24. The second-order valence-electron chi connectivity index (χ2n) is 3.31. The first-order valence-electron chi connectivity index (χ1n) is 4.68. The Balaban J connectivity index is 2.81. The lowest BCUT2D eigenvalue weighted by Gasteiger charge is -2.10. The number of nitrogens with one attached hydrogen (secondary N) is 1. The van der Waals surface area contributed by atoms with Gasteiger partial charge in [0.2, 0.25) is 5.09 Å². The molecular weight excluding hydrogens is 234 g/mol. The van der Waals surface area contributed by atoms with E-state index in [1.54, 1.807) is 6.92 Å². The Morgan fingerprint density at radius 3 is 2.75 bits per heavy atom. The Labute approximate surface area is 93.3 Å². The number of hydrogen-bond acceptors (Lipinski definition) is 5. The quantitative estimate of drug-likeness (QED) is 0.697. The highest BCUT2D eigenvalue weighted by atomic mass is 32.2. The predicted octanol–water partition coefficient (Wildman–Crippen LogP) is 0.141. The molecule has 90 valence electrons. The fraction of sp³-hybridized carbons (Fsp3) is 0.444. The second-order valence-corrected chi connectivity index (χ2v) is 4.95. The monoisotopic (exact) mass is 247 g/mol. The summed E-state index contributed by atoms with van der Waals surface area (Å²) in [6.45, 7) is 1.51. The van der Waals surface area contributed by atoms with Gasteiger partial charge in [0.25, 0.3) is 10.0 Å². The van der Waals surface area contributed by atoms with Crippen LogP contribution in [0.3, 0.4) is 0 Å².